The molecule has 2 atom stereocenters. The Kier molecular flexibility index (Phi) is 6.72. The quantitative estimate of drug-likeness (QED) is 0.727. The predicted molar refractivity (Wildman–Crippen MR) is 109 cm³/mol. The predicted octanol–water partition coefficient (Wildman–Crippen LogP) is 3.78. The van der Waals surface area contributed by atoms with E-state index in [0.717, 1.165) is 31.5 Å². The van der Waals surface area contributed by atoms with Crippen LogP contribution in [0.5, 0.6) is 0 Å². The summed E-state index contributed by atoms with van der Waals surface area (Å²) in [6, 6.07) is 7.37. The smallest absolute Gasteiger partial charge is 0.243 e. The first-order valence-corrected chi connectivity index (χ1v) is 10.4. The summed E-state index contributed by atoms with van der Waals surface area (Å²) < 4.78 is 27.4. The Balaban J connectivity index is 0.00000243. The van der Waals surface area contributed by atoms with Crippen molar-refractivity contribution in [3.05, 3.63) is 53.1 Å². The topological polar surface area (TPSA) is 40.6 Å². The van der Waals surface area contributed by atoms with Gasteiger partial charge in [0, 0.05) is 32.2 Å². The minimum atomic E-state index is -3.46. The molecule has 1 aromatic carbocycles. The fraction of sp³-hybridized carbons (Fsp3) is 0.500. The molecule has 2 aliphatic rings. The molecule has 0 bridgehead atoms. The van der Waals surface area contributed by atoms with Crippen LogP contribution >= 0.6 is 12.4 Å². The van der Waals surface area contributed by atoms with Crippen LogP contribution in [0.4, 0.5) is 0 Å². The molecule has 0 amide bonds. The van der Waals surface area contributed by atoms with Crippen molar-refractivity contribution >= 4 is 22.4 Å². The van der Waals surface area contributed by atoms with Gasteiger partial charge in [0.15, 0.2) is 0 Å². The zero-order chi connectivity index (χ0) is 18.2. The number of hydrogen-bond donors (Lipinski definition) is 0. The van der Waals surface area contributed by atoms with Crippen molar-refractivity contribution in [3.8, 4) is 0 Å². The highest BCUT2D eigenvalue weighted by atomic mass is 35.5. The molecule has 0 aromatic heterocycles. The van der Waals surface area contributed by atoms with Crippen molar-refractivity contribution in [1.29, 1.82) is 0 Å². The zero-order valence-electron chi connectivity index (χ0n) is 16.0. The largest absolute Gasteiger partial charge is 0.293 e. The van der Waals surface area contributed by atoms with Gasteiger partial charge in [0.1, 0.15) is 0 Å². The lowest BCUT2D eigenvalue weighted by atomic mass is 10.0. The number of nitrogens with zero attached hydrogens (tertiary/aromatic N) is 2. The first-order valence-electron chi connectivity index (χ1n) is 8.91. The molecule has 144 valence electrons. The summed E-state index contributed by atoms with van der Waals surface area (Å²) in [6.07, 6.45) is 6.17. The first-order chi connectivity index (χ1) is 11.8. The average Bonchev–Trinajstić information content (AvgIpc) is 3.06. The van der Waals surface area contributed by atoms with E-state index in [0.29, 0.717) is 10.9 Å². The van der Waals surface area contributed by atoms with Gasteiger partial charge in [-0.05, 0) is 51.3 Å². The zero-order valence-corrected chi connectivity index (χ0v) is 17.6. The Bertz CT molecular complexity index is 817. The van der Waals surface area contributed by atoms with Crippen molar-refractivity contribution in [1.82, 2.24) is 9.21 Å². The molecule has 1 aliphatic heterocycles. The Morgan fingerprint density at radius 2 is 1.85 bits per heavy atom. The van der Waals surface area contributed by atoms with E-state index in [1.807, 2.05) is 13.0 Å². The molecule has 0 N–H and O–H groups in total. The molecule has 0 fully saturated rings. The molecule has 0 spiro atoms. The van der Waals surface area contributed by atoms with Crippen LogP contribution < -0.4 is 0 Å². The molecule has 0 radical (unpaired) electrons. The molecule has 0 saturated heterocycles. The number of likely N-dealkylation sites (N-methyl/N-ethyl adjacent to an activating group) is 1. The fourth-order valence-electron chi connectivity index (χ4n) is 3.65. The molecular formula is C20H29ClN2O2S. The van der Waals surface area contributed by atoms with Crippen LogP contribution in [0.2, 0.25) is 0 Å². The van der Waals surface area contributed by atoms with Crippen molar-refractivity contribution in [3.63, 3.8) is 0 Å². The molecule has 0 unspecified atom stereocenters. The maximum atomic E-state index is 12.9. The highest BCUT2D eigenvalue weighted by Gasteiger charge is 2.33. The van der Waals surface area contributed by atoms with Gasteiger partial charge in [0.25, 0.3) is 0 Å². The molecule has 6 heteroatoms. The van der Waals surface area contributed by atoms with Crippen molar-refractivity contribution in [2.75, 3.05) is 20.1 Å². The first kappa shape index (κ1) is 21.2. The van der Waals surface area contributed by atoms with Crippen molar-refractivity contribution in [2.24, 2.45) is 0 Å². The number of aryl methyl sites for hydroxylation is 1. The summed E-state index contributed by atoms with van der Waals surface area (Å²) in [5, 5.41) is 0. The maximum absolute atomic E-state index is 12.9. The Hall–Kier alpha value is -1.14. The van der Waals surface area contributed by atoms with Crippen LogP contribution in [-0.4, -0.2) is 49.8 Å². The lowest BCUT2D eigenvalue weighted by Crippen LogP contribution is -2.41. The van der Waals surface area contributed by atoms with Crippen LogP contribution in [0.3, 0.4) is 0 Å². The van der Waals surface area contributed by atoms with Gasteiger partial charge in [-0.15, -0.1) is 12.4 Å². The monoisotopic (exact) mass is 396 g/mol. The highest BCUT2D eigenvalue weighted by molar-refractivity contribution is 7.89. The second-order valence-electron chi connectivity index (χ2n) is 7.37. The minimum Gasteiger partial charge on any atom is -0.293 e. The van der Waals surface area contributed by atoms with Crippen LogP contribution in [0, 0.1) is 6.92 Å². The summed E-state index contributed by atoms with van der Waals surface area (Å²) >= 11 is 0. The highest BCUT2D eigenvalue weighted by Crippen LogP contribution is 2.28. The van der Waals surface area contributed by atoms with Gasteiger partial charge in [0.2, 0.25) is 10.0 Å². The molecule has 1 aliphatic carbocycles. The van der Waals surface area contributed by atoms with Gasteiger partial charge in [-0.3, -0.25) is 4.90 Å². The molecule has 1 heterocycles. The van der Waals surface area contributed by atoms with Gasteiger partial charge in [0.05, 0.1) is 4.90 Å². The van der Waals surface area contributed by atoms with Gasteiger partial charge in [-0.1, -0.05) is 35.4 Å². The Morgan fingerprint density at radius 1 is 1.12 bits per heavy atom. The van der Waals surface area contributed by atoms with Crippen LogP contribution in [0.15, 0.2) is 52.5 Å². The number of sulfonamides is 1. The lowest BCUT2D eigenvalue weighted by molar-refractivity contribution is 0.221. The molecule has 0 saturated carbocycles. The summed E-state index contributed by atoms with van der Waals surface area (Å²) in [5.74, 6) is 0. The third-order valence-corrected chi connectivity index (χ3v) is 7.46. The van der Waals surface area contributed by atoms with E-state index in [1.54, 1.807) is 25.2 Å². The van der Waals surface area contributed by atoms with Gasteiger partial charge in [-0.25, -0.2) is 8.42 Å². The van der Waals surface area contributed by atoms with E-state index in [9.17, 15) is 8.42 Å². The van der Waals surface area contributed by atoms with Gasteiger partial charge >= 0.3 is 0 Å². The number of benzene rings is 1. The Morgan fingerprint density at radius 3 is 2.50 bits per heavy atom. The maximum Gasteiger partial charge on any atom is 0.243 e. The summed E-state index contributed by atoms with van der Waals surface area (Å²) in [7, 11) is -1.77. The standard InChI is InChI=1S/C20H28N2O2S.ClH/c1-15-6-5-7-20(12-15)25(23,24)21(4)18-8-9-19(13-18)22-11-10-16(2)17(3)14-22;/h5-9,12,18-19H,10-11,13-14H2,1-4H3;1H/t18-,19+;/m0./s1. The third kappa shape index (κ3) is 4.22. The number of hydrogen-bond acceptors (Lipinski definition) is 3. The van der Waals surface area contributed by atoms with Crippen molar-refractivity contribution < 1.29 is 8.42 Å². The molecule has 26 heavy (non-hydrogen) atoms. The number of halogens is 1. The molecule has 4 nitrogen and oxygen atoms in total. The number of rotatable bonds is 4. The van der Waals surface area contributed by atoms with E-state index >= 15 is 0 Å². The van der Waals surface area contributed by atoms with Gasteiger partial charge < -0.3 is 0 Å². The SMILES string of the molecule is CC1=C(C)CN([C@@H]2C=C[C@H](N(C)S(=O)(=O)c3cccc(C)c3)C2)CC1.Cl. The summed E-state index contributed by atoms with van der Waals surface area (Å²) in [5.41, 5.74) is 3.90. The van der Waals surface area contributed by atoms with Crippen LogP contribution in [0.1, 0.15) is 32.3 Å². The second-order valence-corrected chi connectivity index (χ2v) is 9.37. The van der Waals surface area contributed by atoms with Crippen molar-refractivity contribution in [2.45, 2.75) is 50.6 Å². The van der Waals surface area contributed by atoms with E-state index in [4.69, 9.17) is 0 Å². The normalized spacial score (nSPS) is 24.2. The van der Waals surface area contributed by atoms with E-state index in [2.05, 4.69) is 30.9 Å². The minimum absolute atomic E-state index is 0. The molecule has 3 rings (SSSR count). The fourth-order valence-corrected chi connectivity index (χ4v) is 5.08. The van der Waals surface area contributed by atoms with E-state index in [-0.39, 0.29) is 18.4 Å². The summed E-state index contributed by atoms with van der Waals surface area (Å²) in [4.78, 5) is 2.84. The third-order valence-electron chi connectivity index (χ3n) is 5.58. The van der Waals surface area contributed by atoms with Gasteiger partial charge in [-0.2, -0.15) is 4.31 Å². The van der Waals surface area contributed by atoms with Crippen LogP contribution in [0.25, 0.3) is 0 Å². The summed E-state index contributed by atoms with van der Waals surface area (Å²) in [6.45, 7) is 8.37. The average molecular weight is 397 g/mol. The second kappa shape index (κ2) is 8.26. The molecular weight excluding hydrogens is 368 g/mol. The van der Waals surface area contributed by atoms with Crippen LogP contribution in [-0.2, 0) is 10.0 Å². The molecule has 1 aromatic rings. The Labute approximate surface area is 164 Å². The van der Waals surface area contributed by atoms with E-state index in [1.165, 1.54) is 15.5 Å². The van der Waals surface area contributed by atoms with E-state index < -0.39 is 10.0 Å². The lowest BCUT2D eigenvalue weighted by Gasteiger charge is -2.34.